The lowest BCUT2D eigenvalue weighted by molar-refractivity contribution is -0.458. The number of halogens is 30. The van der Waals surface area contributed by atoms with Crippen molar-refractivity contribution in [3.63, 3.8) is 0 Å². The van der Waals surface area contributed by atoms with Crippen LogP contribution in [0, 0.1) is 0 Å². The van der Waals surface area contributed by atoms with Gasteiger partial charge in [0.25, 0.3) is 0 Å². The van der Waals surface area contributed by atoms with E-state index in [1.807, 2.05) is 0 Å². The molecule has 33 heteroatoms. The molecule has 1 atom stereocenters. The van der Waals surface area contributed by atoms with Gasteiger partial charge in [-0.2, -0.15) is 123 Å². The third-order valence-electron chi connectivity index (χ3n) is 6.89. The van der Waals surface area contributed by atoms with Crippen molar-refractivity contribution in [2.45, 2.75) is 109 Å². The maximum Gasteiger partial charge on any atom is 0.438 e. The Kier molecular flexibility index (Phi) is 13.9. The number of esters is 1. The van der Waals surface area contributed by atoms with E-state index >= 15 is 0 Å². The molecule has 0 aromatic rings. The van der Waals surface area contributed by atoms with E-state index in [2.05, 4.69) is 16.1 Å². The summed E-state index contributed by atoms with van der Waals surface area (Å²) in [4.78, 5) is 11.6. The van der Waals surface area contributed by atoms with E-state index in [1.54, 1.807) is 0 Å². The third kappa shape index (κ3) is 8.06. The topological polar surface area (TPSA) is 35.5 Å². The average molecular weight is 908 g/mol. The van der Waals surface area contributed by atoms with Crippen LogP contribution in [-0.4, -0.2) is 109 Å². The fourth-order valence-corrected chi connectivity index (χ4v) is 3.69. The summed E-state index contributed by atoms with van der Waals surface area (Å²) in [6.07, 6.45) is -44.3. The first-order chi connectivity index (χ1) is 23.9. The fraction of sp³-hybridized carbons (Fsp3) is 0.870. The van der Waals surface area contributed by atoms with Crippen LogP contribution in [-0.2, 0) is 14.3 Å². The van der Waals surface area contributed by atoms with Crippen LogP contribution < -0.4 is 0 Å². The summed E-state index contributed by atoms with van der Waals surface area (Å²) in [7, 11) is 0. The second kappa shape index (κ2) is 14.7. The van der Waals surface area contributed by atoms with Crippen LogP contribution in [0.25, 0.3) is 0 Å². The Morgan fingerprint density at radius 2 is 0.750 bits per heavy atom. The molecule has 0 heterocycles. The zero-order chi connectivity index (χ0) is 46.0. The summed E-state index contributed by atoms with van der Waals surface area (Å²) in [5.74, 6) is -68.9. The number of ether oxygens (including phenoxy) is 2. The first-order valence-corrected chi connectivity index (χ1v) is 13.0. The normalized spacial score (nSPS) is 16.6. The molecule has 0 aliphatic rings. The molecule has 0 aliphatic heterocycles. The van der Waals surface area contributed by atoms with Crippen molar-refractivity contribution in [1.82, 2.24) is 0 Å². The van der Waals surface area contributed by atoms with Crippen molar-refractivity contribution >= 4 is 5.97 Å². The molecule has 0 rings (SSSR count). The maximum absolute atomic E-state index is 14.4. The summed E-state index contributed by atoms with van der Waals surface area (Å²) >= 11 is 0. The number of carbonyl (C=O) groups is 1. The molecular formula is C23H14F30O3. The molecular weight excluding hydrogens is 894 g/mol. The van der Waals surface area contributed by atoms with Gasteiger partial charge in [0.05, 0.1) is 19.6 Å². The Labute approximate surface area is 287 Å². The highest BCUT2D eigenvalue weighted by atomic mass is 19.5. The number of hydrogen-bond acceptors (Lipinski definition) is 3. The lowest BCUT2D eigenvalue weighted by atomic mass is 9.85. The highest BCUT2D eigenvalue weighted by Crippen LogP contribution is 2.66. The standard InChI is InChI=1S/C23H14F30O3/c1-7(2)9(54)56-8(5-11(26,27)15(32,33)19(40,41)17(36,37)13(29,22(48,49)50)23(51,52)53)6-55-4-3-10(24,25)14(30,31)18(38,39)16(34,35)12(28,20(42,43)44)21(45,46)47/h8H,1,3-6H2,2H3. The van der Waals surface area contributed by atoms with Crippen LogP contribution in [0.4, 0.5) is 132 Å². The van der Waals surface area contributed by atoms with Gasteiger partial charge in [0.15, 0.2) is 0 Å². The van der Waals surface area contributed by atoms with E-state index < -0.39 is 127 Å². The predicted octanol–water partition coefficient (Wildman–Crippen LogP) is 11.0. The minimum Gasteiger partial charge on any atom is -0.456 e. The van der Waals surface area contributed by atoms with E-state index in [0.717, 1.165) is 0 Å². The smallest absolute Gasteiger partial charge is 0.438 e. The van der Waals surface area contributed by atoms with Crippen molar-refractivity contribution < 1.29 is 146 Å². The summed E-state index contributed by atoms with van der Waals surface area (Å²) < 4.78 is 410. The van der Waals surface area contributed by atoms with Crippen LogP contribution in [0.15, 0.2) is 12.2 Å². The zero-order valence-electron chi connectivity index (χ0n) is 25.7. The van der Waals surface area contributed by atoms with Gasteiger partial charge in [-0.25, -0.2) is 13.6 Å². The highest BCUT2D eigenvalue weighted by Gasteiger charge is 2.97. The van der Waals surface area contributed by atoms with E-state index in [-0.39, 0.29) is 0 Å². The molecule has 0 amide bonds. The molecule has 0 N–H and O–H groups in total. The van der Waals surface area contributed by atoms with Gasteiger partial charge in [-0.15, -0.1) is 0 Å². The van der Waals surface area contributed by atoms with E-state index in [1.165, 1.54) is 0 Å². The Hall–Kier alpha value is -2.93. The maximum atomic E-state index is 14.4. The van der Waals surface area contributed by atoms with Crippen LogP contribution in [0.5, 0.6) is 0 Å². The average Bonchev–Trinajstić information content (AvgIpc) is 2.94. The van der Waals surface area contributed by atoms with Gasteiger partial charge in [0, 0.05) is 12.0 Å². The molecule has 0 saturated heterocycles. The van der Waals surface area contributed by atoms with E-state index in [9.17, 15) is 137 Å². The Balaban J connectivity index is 6.76. The van der Waals surface area contributed by atoms with Gasteiger partial charge in [0.2, 0.25) is 0 Å². The SMILES string of the molecule is C=C(C)C(=O)OC(COCCC(F)(F)C(F)(F)C(F)(F)C(F)(F)C(F)(C(F)(F)F)C(F)(F)F)CC(F)(F)C(F)(F)C(F)(F)C(F)(F)C(F)(C(F)(F)F)C(F)(F)F. The van der Waals surface area contributed by atoms with Crippen LogP contribution in [0.2, 0.25) is 0 Å². The second-order valence-electron chi connectivity index (χ2n) is 11.0. The van der Waals surface area contributed by atoms with Gasteiger partial charge in [0.1, 0.15) is 6.10 Å². The molecule has 0 spiro atoms. The van der Waals surface area contributed by atoms with Gasteiger partial charge < -0.3 is 9.47 Å². The van der Waals surface area contributed by atoms with Gasteiger partial charge in [-0.3, -0.25) is 0 Å². The number of carbonyl (C=O) groups excluding carboxylic acids is 1. The van der Waals surface area contributed by atoms with E-state index in [0.29, 0.717) is 6.92 Å². The summed E-state index contributed by atoms with van der Waals surface area (Å²) in [6, 6.07) is 0. The Morgan fingerprint density at radius 1 is 0.464 bits per heavy atom. The fourth-order valence-electron chi connectivity index (χ4n) is 3.69. The second-order valence-corrected chi connectivity index (χ2v) is 11.0. The molecule has 0 aromatic carbocycles. The minimum absolute atomic E-state index is 0.444. The molecule has 334 valence electrons. The highest BCUT2D eigenvalue weighted by molar-refractivity contribution is 5.87. The monoisotopic (exact) mass is 908 g/mol. The molecule has 0 bridgehead atoms. The lowest BCUT2D eigenvalue weighted by Crippen LogP contribution is -2.75. The van der Waals surface area contributed by atoms with Crippen LogP contribution >= 0.6 is 0 Å². The van der Waals surface area contributed by atoms with Gasteiger partial charge in [-0.1, -0.05) is 6.58 Å². The molecule has 1 unspecified atom stereocenters. The number of rotatable bonds is 17. The largest absolute Gasteiger partial charge is 0.456 e. The zero-order valence-corrected chi connectivity index (χ0v) is 25.7. The molecule has 0 aliphatic carbocycles. The molecule has 0 aromatic heterocycles. The van der Waals surface area contributed by atoms with Crippen molar-refractivity contribution in [3.8, 4) is 0 Å². The quantitative estimate of drug-likeness (QED) is 0.0631. The lowest BCUT2D eigenvalue weighted by Gasteiger charge is -2.43. The predicted molar refractivity (Wildman–Crippen MR) is 116 cm³/mol. The molecule has 0 fully saturated rings. The summed E-state index contributed by atoms with van der Waals surface area (Å²) in [6.45, 7) is -2.26. The molecule has 3 nitrogen and oxygen atoms in total. The third-order valence-corrected chi connectivity index (χ3v) is 6.89. The first-order valence-electron chi connectivity index (χ1n) is 13.0. The number of hydrogen-bond donors (Lipinski definition) is 0. The number of alkyl halides is 30. The van der Waals surface area contributed by atoms with Gasteiger partial charge in [-0.05, 0) is 6.92 Å². The van der Waals surface area contributed by atoms with E-state index in [4.69, 9.17) is 0 Å². The van der Waals surface area contributed by atoms with Crippen molar-refractivity contribution in [1.29, 1.82) is 0 Å². The first kappa shape index (κ1) is 53.1. The van der Waals surface area contributed by atoms with Crippen LogP contribution in [0.1, 0.15) is 19.8 Å². The van der Waals surface area contributed by atoms with Crippen molar-refractivity contribution in [2.75, 3.05) is 13.2 Å². The molecule has 56 heavy (non-hydrogen) atoms. The Morgan fingerprint density at radius 3 is 1.02 bits per heavy atom. The minimum atomic E-state index is -8.97. The van der Waals surface area contributed by atoms with Crippen LogP contribution in [0.3, 0.4) is 0 Å². The molecule has 0 radical (unpaired) electrons. The van der Waals surface area contributed by atoms with Crippen molar-refractivity contribution in [2.24, 2.45) is 0 Å². The molecule has 0 saturated carbocycles. The van der Waals surface area contributed by atoms with Gasteiger partial charge >= 0.3 is 89.4 Å². The summed E-state index contributed by atoms with van der Waals surface area (Å²) in [5, 5.41) is 0. The van der Waals surface area contributed by atoms with Crippen molar-refractivity contribution in [3.05, 3.63) is 12.2 Å². The summed E-state index contributed by atoms with van der Waals surface area (Å²) in [5.41, 5.74) is -18.6. The Bertz CT molecular complexity index is 1370.